The first kappa shape index (κ1) is 8.90. The van der Waals surface area contributed by atoms with E-state index >= 15 is 0 Å². The second-order valence-corrected chi connectivity index (χ2v) is 1.72. The predicted molar refractivity (Wildman–Crippen MR) is 35.0 cm³/mol. The highest BCUT2D eigenvalue weighted by molar-refractivity contribution is 5.76. The van der Waals surface area contributed by atoms with Gasteiger partial charge in [-0.25, -0.2) is 4.79 Å². The Morgan fingerprint density at radius 3 is 2.70 bits per heavy atom. The maximum absolute atomic E-state index is 9.83. The number of carbonyl (C=O) groups is 1. The van der Waals surface area contributed by atoms with Crippen molar-refractivity contribution in [3.63, 3.8) is 0 Å². The average Bonchev–Trinajstić information content (AvgIpc) is 1.79. The second-order valence-electron chi connectivity index (χ2n) is 1.72. The van der Waals surface area contributed by atoms with E-state index in [1.807, 2.05) is 0 Å². The fourth-order valence-electron chi connectivity index (χ4n) is 0.342. The molecule has 5 nitrogen and oxygen atoms in total. The molecule has 0 spiro atoms. The van der Waals surface area contributed by atoms with E-state index in [4.69, 9.17) is 16.2 Å². The molecule has 0 saturated carbocycles. The van der Waals surface area contributed by atoms with Gasteiger partial charge in [-0.3, -0.25) is 5.41 Å². The maximum Gasteiger partial charge on any atom is 0.329 e. The third kappa shape index (κ3) is 6.90. The van der Waals surface area contributed by atoms with Crippen LogP contribution >= 0.6 is 0 Å². The van der Waals surface area contributed by atoms with Crippen molar-refractivity contribution < 1.29 is 14.6 Å². The Labute approximate surface area is 58.3 Å². The number of rotatable bonds is 5. The van der Waals surface area contributed by atoms with Crippen molar-refractivity contribution >= 4 is 11.8 Å². The zero-order valence-corrected chi connectivity index (χ0v) is 5.46. The third-order valence-electron chi connectivity index (χ3n) is 0.741. The SMILES string of the molecule is N=C(N)CCOCC(=O)O. The summed E-state index contributed by atoms with van der Waals surface area (Å²) in [6.45, 7) is -0.130. The van der Waals surface area contributed by atoms with Crippen LogP contribution in [0, 0.1) is 5.41 Å². The first-order valence-electron chi connectivity index (χ1n) is 2.75. The van der Waals surface area contributed by atoms with E-state index in [9.17, 15) is 4.79 Å². The fourth-order valence-corrected chi connectivity index (χ4v) is 0.342. The van der Waals surface area contributed by atoms with Crippen molar-refractivity contribution in [1.29, 1.82) is 5.41 Å². The van der Waals surface area contributed by atoms with Crippen molar-refractivity contribution in [2.24, 2.45) is 5.73 Å². The number of aliphatic carboxylic acids is 1. The van der Waals surface area contributed by atoms with Gasteiger partial charge >= 0.3 is 5.97 Å². The van der Waals surface area contributed by atoms with Gasteiger partial charge in [0.2, 0.25) is 0 Å². The predicted octanol–water partition coefficient (Wildman–Crippen LogP) is -0.586. The normalized spacial score (nSPS) is 9.20. The number of nitrogens with two attached hydrogens (primary N) is 1. The topological polar surface area (TPSA) is 96.4 Å². The van der Waals surface area contributed by atoms with Crippen LogP contribution in [0.25, 0.3) is 0 Å². The van der Waals surface area contributed by atoms with E-state index in [1.54, 1.807) is 0 Å². The van der Waals surface area contributed by atoms with Gasteiger partial charge < -0.3 is 15.6 Å². The Morgan fingerprint density at radius 2 is 2.30 bits per heavy atom. The molecule has 0 atom stereocenters. The highest BCUT2D eigenvalue weighted by atomic mass is 16.5. The first-order chi connectivity index (χ1) is 4.63. The van der Waals surface area contributed by atoms with Gasteiger partial charge in [-0.05, 0) is 0 Å². The van der Waals surface area contributed by atoms with Gasteiger partial charge in [0.05, 0.1) is 12.4 Å². The minimum atomic E-state index is -1.01. The van der Waals surface area contributed by atoms with Crippen LogP contribution < -0.4 is 5.73 Å². The van der Waals surface area contributed by atoms with Gasteiger partial charge in [-0.1, -0.05) is 0 Å². The highest BCUT2D eigenvalue weighted by Gasteiger charge is 1.95. The zero-order chi connectivity index (χ0) is 7.98. The fraction of sp³-hybridized carbons (Fsp3) is 0.600. The van der Waals surface area contributed by atoms with Gasteiger partial charge in [-0.15, -0.1) is 0 Å². The van der Waals surface area contributed by atoms with Gasteiger partial charge in [0.25, 0.3) is 0 Å². The molecular formula is C5H10N2O3. The van der Waals surface area contributed by atoms with Crippen LogP contribution in [-0.4, -0.2) is 30.1 Å². The molecule has 0 heterocycles. The van der Waals surface area contributed by atoms with Gasteiger partial charge in [0.1, 0.15) is 6.61 Å². The Morgan fingerprint density at radius 1 is 1.70 bits per heavy atom. The molecule has 0 amide bonds. The first-order valence-corrected chi connectivity index (χ1v) is 2.75. The summed E-state index contributed by atoms with van der Waals surface area (Å²) in [4.78, 5) is 9.83. The summed E-state index contributed by atoms with van der Waals surface area (Å²) in [6, 6.07) is 0. The Hall–Kier alpha value is -1.10. The zero-order valence-electron chi connectivity index (χ0n) is 5.46. The lowest BCUT2D eigenvalue weighted by atomic mass is 10.4. The molecule has 0 fully saturated rings. The largest absolute Gasteiger partial charge is 0.480 e. The van der Waals surface area contributed by atoms with Crippen molar-refractivity contribution in [2.75, 3.05) is 13.2 Å². The van der Waals surface area contributed by atoms with E-state index in [1.165, 1.54) is 0 Å². The number of hydrogen-bond donors (Lipinski definition) is 3. The number of ether oxygens (including phenoxy) is 1. The van der Waals surface area contributed by atoms with Crippen LogP contribution in [0.3, 0.4) is 0 Å². The molecule has 0 bridgehead atoms. The molecule has 0 unspecified atom stereocenters. The Balaban J connectivity index is 3.06. The summed E-state index contributed by atoms with van der Waals surface area (Å²) in [6.07, 6.45) is 0.285. The summed E-state index contributed by atoms with van der Waals surface area (Å²) >= 11 is 0. The lowest BCUT2D eigenvalue weighted by molar-refractivity contribution is -0.142. The second kappa shape index (κ2) is 4.75. The third-order valence-corrected chi connectivity index (χ3v) is 0.741. The van der Waals surface area contributed by atoms with E-state index in [0.717, 1.165) is 0 Å². The van der Waals surface area contributed by atoms with Crippen LogP contribution in [0.15, 0.2) is 0 Å². The number of amidine groups is 1. The monoisotopic (exact) mass is 146 g/mol. The Kier molecular flexibility index (Phi) is 4.23. The minimum absolute atomic E-state index is 0.00499. The molecule has 0 aliphatic rings. The molecule has 58 valence electrons. The lowest BCUT2D eigenvalue weighted by Gasteiger charge is -1.97. The summed E-state index contributed by atoms with van der Waals surface area (Å²) in [7, 11) is 0. The highest BCUT2D eigenvalue weighted by Crippen LogP contribution is 1.80. The summed E-state index contributed by atoms with van der Waals surface area (Å²) in [5.41, 5.74) is 4.97. The van der Waals surface area contributed by atoms with Crippen molar-refractivity contribution in [3.05, 3.63) is 0 Å². The molecule has 0 rings (SSSR count). The van der Waals surface area contributed by atoms with Gasteiger partial charge in [-0.2, -0.15) is 0 Å². The van der Waals surface area contributed by atoms with E-state index < -0.39 is 5.97 Å². The number of carboxylic acids is 1. The van der Waals surface area contributed by atoms with Gasteiger partial charge in [0, 0.05) is 6.42 Å². The molecule has 0 aliphatic heterocycles. The quantitative estimate of drug-likeness (QED) is 0.274. The van der Waals surface area contributed by atoms with E-state index in [-0.39, 0.29) is 25.5 Å². The molecule has 4 N–H and O–H groups in total. The molecule has 0 saturated heterocycles. The van der Waals surface area contributed by atoms with Crippen LogP contribution in [-0.2, 0) is 9.53 Å². The molecule has 10 heavy (non-hydrogen) atoms. The molecule has 0 radical (unpaired) electrons. The van der Waals surface area contributed by atoms with Crippen molar-refractivity contribution in [3.8, 4) is 0 Å². The number of nitrogens with one attached hydrogen (secondary N) is 1. The van der Waals surface area contributed by atoms with Gasteiger partial charge in [0.15, 0.2) is 0 Å². The number of hydrogen-bond acceptors (Lipinski definition) is 3. The molecule has 0 aliphatic carbocycles. The van der Waals surface area contributed by atoms with Crippen LogP contribution in [0.1, 0.15) is 6.42 Å². The molecule has 0 aromatic heterocycles. The summed E-state index contributed by atoms with van der Waals surface area (Å²) in [5, 5.41) is 14.8. The van der Waals surface area contributed by atoms with Crippen molar-refractivity contribution in [1.82, 2.24) is 0 Å². The molecule has 0 aromatic rings. The molecule has 5 heteroatoms. The van der Waals surface area contributed by atoms with E-state index in [2.05, 4.69) is 4.74 Å². The minimum Gasteiger partial charge on any atom is -0.480 e. The molecule has 0 aromatic carbocycles. The number of carboxylic acid groups (broad SMARTS) is 1. The average molecular weight is 146 g/mol. The lowest BCUT2D eigenvalue weighted by Crippen LogP contribution is -2.15. The van der Waals surface area contributed by atoms with E-state index in [0.29, 0.717) is 0 Å². The van der Waals surface area contributed by atoms with Crippen LogP contribution in [0.4, 0.5) is 0 Å². The van der Waals surface area contributed by atoms with Crippen LogP contribution in [0.5, 0.6) is 0 Å². The smallest absolute Gasteiger partial charge is 0.329 e. The van der Waals surface area contributed by atoms with Crippen molar-refractivity contribution in [2.45, 2.75) is 6.42 Å². The van der Waals surface area contributed by atoms with Crippen LogP contribution in [0.2, 0.25) is 0 Å². The molecular weight excluding hydrogens is 136 g/mol. The summed E-state index contributed by atoms with van der Waals surface area (Å²) in [5.74, 6) is -1.01. The Bertz CT molecular complexity index is 119. The standard InChI is InChI=1S/C5H10N2O3/c6-4(7)1-2-10-3-5(8)9/h1-3H2,(H3,6,7)(H,8,9). The maximum atomic E-state index is 9.83. The summed E-state index contributed by atoms with van der Waals surface area (Å²) < 4.78 is 4.59.